The lowest BCUT2D eigenvalue weighted by atomic mass is 10.3. The van der Waals surface area contributed by atoms with E-state index in [0.717, 1.165) is 16.3 Å². The molecule has 0 spiro atoms. The fraction of sp³-hybridized carbons (Fsp3) is 0.235. The number of para-hydroxylation sites is 1. The molecule has 1 amide bonds. The third-order valence-corrected chi connectivity index (χ3v) is 4.15. The quantitative estimate of drug-likeness (QED) is 0.766. The number of benzene rings is 2. The number of rotatable bonds is 6. The zero-order chi connectivity index (χ0) is 15.9. The maximum atomic E-state index is 12.3. The number of anilines is 1. The molecule has 3 nitrogen and oxygen atoms in total. The van der Waals surface area contributed by atoms with Gasteiger partial charge in [-0.15, -0.1) is 11.8 Å². The van der Waals surface area contributed by atoms with E-state index in [9.17, 15) is 4.79 Å². The summed E-state index contributed by atoms with van der Waals surface area (Å²) in [6.07, 6.45) is -0.596. The van der Waals surface area contributed by atoms with Gasteiger partial charge in [-0.25, -0.2) is 0 Å². The molecule has 2 aromatic carbocycles. The number of thioether (sulfide) groups is 1. The van der Waals surface area contributed by atoms with E-state index in [2.05, 4.69) is 12.2 Å². The Balaban J connectivity index is 2.01. The summed E-state index contributed by atoms with van der Waals surface area (Å²) in [5.41, 5.74) is 0.811. The Kier molecular flexibility index (Phi) is 6.16. The number of nitrogens with one attached hydrogen (secondary N) is 1. The fourth-order valence-electron chi connectivity index (χ4n) is 1.86. The first-order valence-corrected chi connectivity index (χ1v) is 8.41. The molecule has 0 aliphatic rings. The SMILES string of the molecule is CCSc1ccccc1NC(=O)[C@H](C)Oc1ccc(Cl)cc1. The standard InChI is InChI=1S/C17H18ClNO2S/c1-3-22-16-7-5-4-6-15(16)19-17(20)12(2)21-14-10-8-13(18)9-11-14/h4-12H,3H2,1-2H3,(H,19,20)/t12-/m0/s1. The highest BCUT2D eigenvalue weighted by Gasteiger charge is 2.16. The topological polar surface area (TPSA) is 38.3 Å². The second-order valence-electron chi connectivity index (χ2n) is 4.63. The van der Waals surface area contributed by atoms with E-state index in [1.54, 1.807) is 43.0 Å². The van der Waals surface area contributed by atoms with Gasteiger partial charge >= 0.3 is 0 Å². The van der Waals surface area contributed by atoms with Gasteiger partial charge in [0, 0.05) is 9.92 Å². The molecule has 0 bridgehead atoms. The highest BCUT2D eigenvalue weighted by atomic mass is 35.5. The molecule has 0 unspecified atom stereocenters. The molecule has 1 atom stereocenters. The van der Waals surface area contributed by atoms with Gasteiger partial charge in [0.15, 0.2) is 6.10 Å². The van der Waals surface area contributed by atoms with Gasteiger partial charge < -0.3 is 10.1 Å². The summed E-state index contributed by atoms with van der Waals surface area (Å²) in [6, 6.07) is 14.7. The number of ether oxygens (including phenoxy) is 1. The van der Waals surface area contributed by atoms with Gasteiger partial charge in [-0.3, -0.25) is 4.79 Å². The highest BCUT2D eigenvalue weighted by molar-refractivity contribution is 7.99. The summed E-state index contributed by atoms with van der Waals surface area (Å²) in [7, 11) is 0. The first-order valence-electron chi connectivity index (χ1n) is 7.05. The van der Waals surface area contributed by atoms with Gasteiger partial charge in [0.1, 0.15) is 5.75 Å². The van der Waals surface area contributed by atoms with E-state index in [1.807, 2.05) is 24.3 Å². The zero-order valence-corrected chi connectivity index (χ0v) is 14.1. The summed E-state index contributed by atoms with van der Waals surface area (Å²) in [5.74, 6) is 1.38. The number of hydrogen-bond acceptors (Lipinski definition) is 3. The molecule has 1 N–H and O–H groups in total. The molecule has 0 fully saturated rings. The summed E-state index contributed by atoms with van der Waals surface area (Å²) in [5, 5.41) is 3.55. The molecule has 2 rings (SSSR count). The molecule has 22 heavy (non-hydrogen) atoms. The minimum atomic E-state index is -0.596. The maximum absolute atomic E-state index is 12.3. The number of carbonyl (C=O) groups excluding carboxylic acids is 1. The van der Waals surface area contributed by atoms with Crippen molar-refractivity contribution < 1.29 is 9.53 Å². The highest BCUT2D eigenvalue weighted by Crippen LogP contribution is 2.27. The molecule has 0 aliphatic carbocycles. The normalized spacial score (nSPS) is 11.8. The van der Waals surface area contributed by atoms with Crippen LogP contribution in [0.15, 0.2) is 53.4 Å². The molecule has 0 saturated carbocycles. The van der Waals surface area contributed by atoms with Crippen molar-refractivity contribution in [2.24, 2.45) is 0 Å². The molecular formula is C17H18ClNO2S. The van der Waals surface area contributed by atoms with E-state index < -0.39 is 6.10 Å². The molecule has 116 valence electrons. The Labute approximate surface area is 140 Å². The van der Waals surface area contributed by atoms with Crippen LogP contribution in [0.25, 0.3) is 0 Å². The Hall–Kier alpha value is -1.65. The van der Waals surface area contributed by atoms with Crippen molar-refractivity contribution in [3.05, 3.63) is 53.6 Å². The molecule has 0 radical (unpaired) electrons. The Bertz CT molecular complexity index is 631. The van der Waals surface area contributed by atoms with Crippen molar-refractivity contribution in [2.75, 3.05) is 11.1 Å². The smallest absolute Gasteiger partial charge is 0.265 e. The van der Waals surface area contributed by atoms with Crippen molar-refractivity contribution in [1.82, 2.24) is 0 Å². The largest absolute Gasteiger partial charge is 0.481 e. The minimum absolute atomic E-state index is 0.181. The predicted octanol–water partition coefficient (Wildman–Crippen LogP) is 4.86. The predicted molar refractivity (Wildman–Crippen MR) is 93.0 cm³/mol. The summed E-state index contributed by atoms with van der Waals surface area (Å²) in [4.78, 5) is 13.3. The van der Waals surface area contributed by atoms with Crippen molar-refractivity contribution in [3.8, 4) is 5.75 Å². The number of hydrogen-bond donors (Lipinski definition) is 1. The molecule has 2 aromatic rings. The average molecular weight is 336 g/mol. The molecule has 0 heterocycles. The molecule has 0 aromatic heterocycles. The molecular weight excluding hydrogens is 318 g/mol. The minimum Gasteiger partial charge on any atom is -0.481 e. The monoisotopic (exact) mass is 335 g/mol. The maximum Gasteiger partial charge on any atom is 0.265 e. The lowest BCUT2D eigenvalue weighted by Crippen LogP contribution is -2.30. The van der Waals surface area contributed by atoms with Gasteiger partial charge in [-0.2, -0.15) is 0 Å². The van der Waals surface area contributed by atoms with Crippen LogP contribution in [0.4, 0.5) is 5.69 Å². The van der Waals surface area contributed by atoms with Gasteiger partial charge in [-0.05, 0) is 49.1 Å². The number of amides is 1. The van der Waals surface area contributed by atoms with Gasteiger partial charge in [-0.1, -0.05) is 30.7 Å². The van der Waals surface area contributed by atoms with E-state index in [4.69, 9.17) is 16.3 Å². The van der Waals surface area contributed by atoms with E-state index in [-0.39, 0.29) is 5.91 Å². The average Bonchev–Trinajstić information content (AvgIpc) is 2.51. The van der Waals surface area contributed by atoms with Gasteiger partial charge in [0.2, 0.25) is 0 Å². The Morgan fingerprint density at radius 1 is 1.23 bits per heavy atom. The summed E-state index contributed by atoms with van der Waals surface area (Å²) >= 11 is 7.52. The second-order valence-corrected chi connectivity index (χ2v) is 6.37. The van der Waals surface area contributed by atoms with Crippen molar-refractivity contribution in [1.29, 1.82) is 0 Å². The van der Waals surface area contributed by atoms with Crippen LogP contribution in [-0.2, 0) is 4.79 Å². The molecule has 5 heteroatoms. The first kappa shape index (κ1) is 16.7. The lowest BCUT2D eigenvalue weighted by molar-refractivity contribution is -0.122. The Morgan fingerprint density at radius 3 is 2.59 bits per heavy atom. The third-order valence-electron chi connectivity index (χ3n) is 2.94. The van der Waals surface area contributed by atoms with Gasteiger partial charge in [0.25, 0.3) is 5.91 Å². The lowest BCUT2D eigenvalue weighted by Gasteiger charge is -2.16. The summed E-state index contributed by atoms with van der Waals surface area (Å²) < 4.78 is 5.63. The van der Waals surface area contributed by atoms with Crippen LogP contribution >= 0.6 is 23.4 Å². The van der Waals surface area contributed by atoms with Crippen molar-refractivity contribution in [2.45, 2.75) is 24.8 Å². The molecule has 0 aliphatic heterocycles. The van der Waals surface area contributed by atoms with Crippen LogP contribution in [0.5, 0.6) is 5.75 Å². The van der Waals surface area contributed by atoms with Crippen LogP contribution < -0.4 is 10.1 Å². The van der Waals surface area contributed by atoms with Crippen LogP contribution in [0, 0.1) is 0 Å². The van der Waals surface area contributed by atoms with E-state index >= 15 is 0 Å². The molecule has 0 saturated heterocycles. The van der Waals surface area contributed by atoms with Gasteiger partial charge in [0.05, 0.1) is 5.69 Å². The van der Waals surface area contributed by atoms with E-state index in [1.165, 1.54) is 0 Å². The van der Waals surface area contributed by atoms with Crippen molar-refractivity contribution in [3.63, 3.8) is 0 Å². The fourth-order valence-corrected chi connectivity index (χ4v) is 2.74. The van der Waals surface area contributed by atoms with Crippen molar-refractivity contribution >= 4 is 35.0 Å². The zero-order valence-electron chi connectivity index (χ0n) is 12.5. The number of halogens is 1. The van der Waals surface area contributed by atoms with E-state index in [0.29, 0.717) is 10.8 Å². The Morgan fingerprint density at radius 2 is 1.91 bits per heavy atom. The summed E-state index contributed by atoms with van der Waals surface area (Å²) in [6.45, 7) is 3.80. The first-order chi connectivity index (χ1) is 10.6. The van der Waals surface area contributed by atoms with Crippen LogP contribution in [0.1, 0.15) is 13.8 Å². The third kappa shape index (κ3) is 4.68. The number of carbonyl (C=O) groups is 1. The van der Waals surface area contributed by atoms with Crippen LogP contribution in [0.2, 0.25) is 5.02 Å². The van der Waals surface area contributed by atoms with Crippen LogP contribution in [0.3, 0.4) is 0 Å². The van der Waals surface area contributed by atoms with Crippen LogP contribution in [-0.4, -0.2) is 17.8 Å². The second kappa shape index (κ2) is 8.11.